The van der Waals surface area contributed by atoms with Crippen LogP contribution in [-0.2, 0) is 10.0 Å². The number of ketones is 1. The summed E-state index contributed by atoms with van der Waals surface area (Å²) in [6.45, 7) is 2.19. The van der Waals surface area contributed by atoms with Crippen molar-refractivity contribution in [2.75, 3.05) is 26.2 Å². The van der Waals surface area contributed by atoms with E-state index in [0.29, 0.717) is 5.56 Å². The largest absolute Gasteiger partial charge is 0.336 e. The molecule has 28 heavy (non-hydrogen) atoms. The van der Waals surface area contributed by atoms with Gasteiger partial charge in [-0.1, -0.05) is 41.4 Å². The molecule has 0 radical (unpaired) electrons. The maximum Gasteiger partial charge on any atom is 0.256 e. The molecular formula is C19H18Cl2N2O4S. The van der Waals surface area contributed by atoms with Gasteiger partial charge in [-0.15, -0.1) is 0 Å². The van der Waals surface area contributed by atoms with Gasteiger partial charge in [-0.3, -0.25) is 9.59 Å². The van der Waals surface area contributed by atoms with Crippen LogP contribution in [0.2, 0.25) is 10.0 Å². The lowest BCUT2D eigenvalue weighted by Crippen LogP contribution is -2.50. The van der Waals surface area contributed by atoms with Gasteiger partial charge in [0.05, 0.1) is 20.5 Å². The summed E-state index contributed by atoms with van der Waals surface area (Å²) in [6, 6.07) is 10.7. The Labute approximate surface area is 173 Å². The summed E-state index contributed by atoms with van der Waals surface area (Å²) in [6.07, 6.45) is 0. The SMILES string of the molecule is CC(=O)c1ccc(S(=O)(=O)N2CCN(C(=O)c3c(Cl)cccc3Cl)CC2)cc1. The summed E-state index contributed by atoms with van der Waals surface area (Å²) < 4.78 is 27.0. The molecule has 0 unspecified atom stereocenters. The number of hydrogen-bond acceptors (Lipinski definition) is 4. The van der Waals surface area contributed by atoms with Crippen molar-refractivity contribution in [1.82, 2.24) is 9.21 Å². The summed E-state index contributed by atoms with van der Waals surface area (Å²) in [5.74, 6) is -0.451. The van der Waals surface area contributed by atoms with Crippen molar-refractivity contribution in [1.29, 1.82) is 0 Å². The minimum Gasteiger partial charge on any atom is -0.336 e. The van der Waals surface area contributed by atoms with E-state index in [4.69, 9.17) is 23.2 Å². The van der Waals surface area contributed by atoms with Gasteiger partial charge in [0.1, 0.15) is 0 Å². The predicted molar refractivity (Wildman–Crippen MR) is 108 cm³/mol. The van der Waals surface area contributed by atoms with Crippen LogP contribution in [-0.4, -0.2) is 55.5 Å². The van der Waals surface area contributed by atoms with Crippen molar-refractivity contribution in [2.45, 2.75) is 11.8 Å². The Bertz CT molecular complexity index is 994. The maximum atomic E-state index is 12.8. The van der Waals surface area contributed by atoms with Crippen LogP contribution in [0.5, 0.6) is 0 Å². The van der Waals surface area contributed by atoms with E-state index in [2.05, 4.69) is 0 Å². The van der Waals surface area contributed by atoms with Crippen LogP contribution in [0, 0.1) is 0 Å². The molecule has 0 atom stereocenters. The van der Waals surface area contributed by atoms with E-state index in [1.54, 1.807) is 18.2 Å². The lowest BCUT2D eigenvalue weighted by molar-refractivity contribution is 0.0698. The summed E-state index contributed by atoms with van der Waals surface area (Å²) in [5, 5.41) is 0.524. The van der Waals surface area contributed by atoms with Gasteiger partial charge >= 0.3 is 0 Å². The van der Waals surface area contributed by atoms with Crippen molar-refractivity contribution < 1.29 is 18.0 Å². The third-order valence-corrected chi connectivity index (χ3v) is 7.14. The van der Waals surface area contributed by atoms with Crippen LogP contribution in [0.3, 0.4) is 0 Å². The minimum absolute atomic E-state index is 0.117. The molecule has 3 rings (SSSR count). The third kappa shape index (κ3) is 4.07. The van der Waals surface area contributed by atoms with Gasteiger partial charge in [-0.2, -0.15) is 4.31 Å². The normalized spacial score (nSPS) is 15.5. The van der Waals surface area contributed by atoms with E-state index in [9.17, 15) is 18.0 Å². The second kappa shape index (κ2) is 8.21. The average molecular weight is 441 g/mol. The molecule has 9 heteroatoms. The first-order valence-corrected chi connectivity index (χ1v) is 10.8. The van der Waals surface area contributed by atoms with Crippen LogP contribution < -0.4 is 0 Å². The first-order chi connectivity index (χ1) is 13.2. The van der Waals surface area contributed by atoms with Gasteiger partial charge in [-0.25, -0.2) is 8.42 Å². The van der Waals surface area contributed by atoms with Crippen molar-refractivity contribution in [3.63, 3.8) is 0 Å². The molecule has 0 N–H and O–H groups in total. The standard InChI is InChI=1S/C19H18Cl2N2O4S/c1-13(24)14-5-7-15(8-6-14)28(26,27)23-11-9-22(10-12-23)19(25)18-16(20)3-2-4-17(18)21/h2-8H,9-12H2,1H3. The van der Waals surface area contributed by atoms with E-state index >= 15 is 0 Å². The van der Waals surface area contributed by atoms with E-state index in [0.717, 1.165) is 0 Å². The number of sulfonamides is 1. The monoisotopic (exact) mass is 440 g/mol. The topological polar surface area (TPSA) is 74.8 Å². The number of benzene rings is 2. The smallest absolute Gasteiger partial charge is 0.256 e. The molecule has 1 amide bonds. The van der Waals surface area contributed by atoms with Crippen LogP contribution in [0.1, 0.15) is 27.6 Å². The Morgan fingerprint density at radius 2 is 1.43 bits per heavy atom. The first-order valence-electron chi connectivity index (χ1n) is 8.56. The molecule has 1 aliphatic heterocycles. The Morgan fingerprint density at radius 1 is 0.893 bits per heavy atom. The Morgan fingerprint density at radius 3 is 1.93 bits per heavy atom. The van der Waals surface area contributed by atoms with Gasteiger partial charge in [0.15, 0.2) is 5.78 Å². The number of carbonyl (C=O) groups is 2. The molecule has 0 bridgehead atoms. The average Bonchev–Trinajstić information content (AvgIpc) is 2.68. The molecule has 1 fully saturated rings. The molecule has 148 valence electrons. The second-order valence-corrected chi connectivity index (χ2v) is 9.13. The third-order valence-electron chi connectivity index (χ3n) is 4.60. The fraction of sp³-hybridized carbons (Fsp3) is 0.263. The molecule has 1 heterocycles. The Kier molecular flexibility index (Phi) is 6.09. The zero-order valence-corrected chi connectivity index (χ0v) is 17.4. The first kappa shape index (κ1) is 20.8. The van der Waals surface area contributed by atoms with Crippen molar-refractivity contribution >= 4 is 44.9 Å². The molecule has 0 aliphatic carbocycles. The highest BCUT2D eigenvalue weighted by Crippen LogP contribution is 2.27. The van der Waals surface area contributed by atoms with Crippen LogP contribution >= 0.6 is 23.2 Å². The summed E-state index contributed by atoms with van der Waals surface area (Å²) >= 11 is 12.2. The van der Waals surface area contributed by atoms with Crippen molar-refractivity contribution in [3.8, 4) is 0 Å². The molecule has 0 saturated carbocycles. The van der Waals surface area contributed by atoms with Crippen LogP contribution in [0.15, 0.2) is 47.4 Å². The van der Waals surface area contributed by atoms with Gasteiger partial charge in [0.25, 0.3) is 5.91 Å². The quantitative estimate of drug-likeness (QED) is 0.683. The second-order valence-electron chi connectivity index (χ2n) is 6.37. The maximum absolute atomic E-state index is 12.8. The van der Waals surface area contributed by atoms with Crippen molar-refractivity contribution in [2.24, 2.45) is 0 Å². The molecule has 1 saturated heterocycles. The van der Waals surface area contributed by atoms with E-state index in [1.165, 1.54) is 40.4 Å². The molecule has 0 spiro atoms. The lowest BCUT2D eigenvalue weighted by Gasteiger charge is -2.34. The molecule has 2 aromatic rings. The summed E-state index contributed by atoms with van der Waals surface area (Å²) in [5.41, 5.74) is 0.674. The molecule has 2 aromatic carbocycles. The number of halogens is 2. The summed E-state index contributed by atoms with van der Waals surface area (Å²) in [7, 11) is -3.70. The van der Waals surface area contributed by atoms with Gasteiger partial charge in [0.2, 0.25) is 10.0 Å². The number of amides is 1. The lowest BCUT2D eigenvalue weighted by atomic mass is 10.2. The molecule has 1 aliphatic rings. The van der Waals surface area contributed by atoms with Gasteiger partial charge in [0, 0.05) is 31.7 Å². The fourth-order valence-electron chi connectivity index (χ4n) is 3.00. The number of carbonyl (C=O) groups excluding carboxylic acids is 2. The van der Waals surface area contributed by atoms with Gasteiger partial charge in [-0.05, 0) is 31.2 Å². The highest BCUT2D eigenvalue weighted by atomic mass is 35.5. The van der Waals surface area contributed by atoms with E-state index < -0.39 is 10.0 Å². The number of nitrogens with zero attached hydrogens (tertiary/aromatic N) is 2. The highest BCUT2D eigenvalue weighted by Gasteiger charge is 2.31. The predicted octanol–water partition coefficient (Wildman–Crippen LogP) is 3.34. The van der Waals surface area contributed by atoms with E-state index in [1.807, 2.05) is 0 Å². The van der Waals surface area contributed by atoms with Crippen LogP contribution in [0.25, 0.3) is 0 Å². The van der Waals surface area contributed by atoms with Crippen LogP contribution in [0.4, 0.5) is 0 Å². The number of rotatable bonds is 4. The molecule has 0 aromatic heterocycles. The van der Waals surface area contributed by atoms with E-state index in [-0.39, 0.29) is 58.4 Å². The van der Waals surface area contributed by atoms with Crippen molar-refractivity contribution in [3.05, 3.63) is 63.6 Å². The minimum atomic E-state index is -3.70. The zero-order chi connectivity index (χ0) is 20.5. The molecule has 6 nitrogen and oxygen atoms in total. The summed E-state index contributed by atoms with van der Waals surface area (Å²) in [4.78, 5) is 25.7. The molecular weight excluding hydrogens is 423 g/mol. The highest BCUT2D eigenvalue weighted by molar-refractivity contribution is 7.89. The Balaban J connectivity index is 1.72. The number of Topliss-reactive ketones (excluding diaryl/α,β-unsaturated/α-hetero) is 1. The van der Waals surface area contributed by atoms with Gasteiger partial charge < -0.3 is 4.90 Å². The Hall–Kier alpha value is -1.93. The fourth-order valence-corrected chi connectivity index (χ4v) is 4.98. The number of hydrogen-bond donors (Lipinski definition) is 0. The zero-order valence-electron chi connectivity index (χ0n) is 15.1. The number of piperazine rings is 1.